The van der Waals surface area contributed by atoms with E-state index in [1.807, 2.05) is 36.4 Å². The van der Waals surface area contributed by atoms with Crippen molar-refractivity contribution >= 4 is 45.6 Å². The van der Waals surface area contributed by atoms with Gasteiger partial charge in [0.2, 0.25) is 5.95 Å². The second-order valence-electron chi connectivity index (χ2n) is 11.8. The van der Waals surface area contributed by atoms with Gasteiger partial charge in [0.05, 0.1) is 16.4 Å². The molecular formula is C40H33N5. The Morgan fingerprint density at radius 2 is 1.64 bits per heavy atom. The van der Waals surface area contributed by atoms with Crippen molar-refractivity contribution in [3.8, 4) is 23.0 Å². The summed E-state index contributed by atoms with van der Waals surface area (Å²) in [6, 6.07) is 25.5. The van der Waals surface area contributed by atoms with E-state index in [1.165, 1.54) is 38.5 Å². The van der Waals surface area contributed by atoms with Crippen LogP contribution < -0.4 is 10.6 Å². The van der Waals surface area contributed by atoms with Gasteiger partial charge >= 0.3 is 0 Å². The van der Waals surface area contributed by atoms with Crippen molar-refractivity contribution in [2.75, 3.05) is 0 Å². The van der Waals surface area contributed by atoms with E-state index in [-0.39, 0.29) is 0 Å². The van der Waals surface area contributed by atoms with Crippen LogP contribution in [-0.4, -0.2) is 24.1 Å². The summed E-state index contributed by atoms with van der Waals surface area (Å²) in [4.78, 5) is 15.1. The number of para-hydroxylation sites is 1. The van der Waals surface area contributed by atoms with Crippen LogP contribution in [0, 0.1) is 5.92 Å². The van der Waals surface area contributed by atoms with Gasteiger partial charge in [0.1, 0.15) is 0 Å². The SMILES string of the molecule is C=C/C=C(\C=C)c1nc(-c2ccccc2)nc(-n2c3c(c4cc5c(cc42)c2c(n5-c4ccccc4)CCC=C2)=CCC(C)C=3)n1. The lowest BCUT2D eigenvalue weighted by Gasteiger charge is -2.13. The fourth-order valence-corrected chi connectivity index (χ4v) is 6.82. The first-order chi connectivity index (χ1) is 22.1. The summed E-state index contributed by atoms with van der Waals surface area (Å²) in [5, 5.41) is 4.78. The molecule has 0 N–H and O–H groups in total. The minimum absolute atomic E-state index is 0.392. The maximum atomic E-state index is 5.13. The van der Waals surface area contributed by atoms with Crippen LogP contribution in [0.15, 0.2) is 110 Å². The molecule has 1 atom stereocenters. The van der Waals surface area contributed by atoms with Crippen molar-refractivity contribution < 1.29 is 0 Å². The van der Waals surface area contributed by atoms with Gasteiger partial charge in [-0.2, -0.15) is 9.97 Å². The highest BCUT2D eigenvalue weighted by molar-refractivity contribution is 6.03. The molecule has 2 aliphatic carbocycles. The molecule has 0 spiro atoms. The molecule has 6 aromatic rings. The first-order valence-corrected chi connectivity index (χ1v) is 15.6. The predicted molar refractivity (Wildman–Crippen MR) is 187 cm³/mol. The lowest BCUT2D eigenvalue weighted by atomic mass is 10.00. The highest BCUT2D eigenvalue weighted by Crippen LogP contribution is 2.36. The molecule has 0 saturated carbocycles. The number of aromatic nitrogens is 5. The highest BCUT2D eigenvalue weighted by atomic mass is 15.2. The van der Waals surface area contributed by atoms with Crippen molar-refractivity contribution in [2.45, 2.75) is 26.2 Å². The van der Waals surface area contributed by atoms with E-state index >= 15 is 0 Å². The Balaban J connectivity index is 1.49. The van der Waals surface area contributed by atoms with Gasteiger partial charge in [-0.3, -0.25) is 4.57 Å². The average molecular weight is 584 g/mol. The van der Waals surface area contributed by atoms with Crippen LogP contribution in [-0.2, 0) is 6.42 Å². The van der Waals surface area contributed by atoms with Gasteiger partial charge < -0.3 is 4.57 Å². The molecule has 0 amide bonds. The molecule has 0 saturated heterocycles. The van der Waals surface area contributed by atoms with Crippen molar-refractivity contribution in [3.05, 3.63) is 138 Å². The Hall–Kier alpha value is -5.55. The van der Waals surface area contributed by atoms with Crippen molar-refractivity contribution in [1.29, 1.82) is 0 Å². The first-order valence-electron chi connectivity index (χ1n) is 15.6. The maximum absolute atomic E-state index is 5.13. The highest BCUT2D eigenvalue weighted by Gasteiger charge is 2.23. The zero-order valence-corrected chi connectivity index (χ0v) is 25.3. The summed E-state index contributed by atoms with van der Waals surface area (Å²) in [6.07, 6.45) is 17.8. The summed E-state index contributed by atoms with van der Waals surface area (Å²) in [7, 11) is 0. The fraction of sp³-hybridized carbons (Fsp3) is 0.125. The van der Waals surface area contributed by atoms with Crippen molar-refractivity contribution in [2.24, 2.45) is 5.92 Å². The van der Waals surface area contributed by atoms with Crippen LogP contribution in [0.5, 0.6) is 0 Å². The third-order valence-electron chi connectivity index (χ3n) is 8.89. The van der Waals surface area contributed by atoms with Gasteiger partial charge in [0.25, 0.3) is 0 Å². The molecule has 3 heterocycles. The Morgan fingerprint density at radius 1 is 0.889 bits per heavy atom. The van der Waals surface area contributed by atoms with Crippen LogP contribution >= 0.6 is 0 Å². The summed E-state index contributed by atoms with van der Waals surface area (Å²) >= 11 is 0. The Kier molecular flexibility index (Phi) is 6.53. The van der Waals surface area contributed by atoms with Gasteiger partial charge in [0.15, 0.2) is 11.6 Å². The monoisotopic (exact) mass is 583 g/mol. The number of rotatable bonds is 6. The molecule has 0 bridgehead atoms. The maximum Gasteiger partial charge on any atom is 0.238 e. The van der Waals surface area contributed by atoms with E-state index in [9.17, 15) is 0 Å². The quantitative estimate of drug-likeness (QED) is 0.189. The van der Waals surface area contributed by atoms with Gasteiger partial charge in [-0.1, -0.05) is 111 Å². The van der Waals surface area contributed by atoms with Crippen molar-refractivity contribution in [1.82, 2.24) is 24.1 Å². The third-order valence-corrected chi connectivity index (χ3v) is 8.89. The molecule has 1 unspecified atom stereocenters. The molecule has 3 aromatic heterocycles. The van der Waals surface area contributed by atoms with Gasteiger partial charge in [-0.05, 0) is 49.4 Å². The second-order valence-corrected chi connectivity index (χ2v) is 11.8. The fourth-order valence-electron chi connectivity index (χ4n) is 6.82. The smallest absolute Gasteiger partial charge is 0.238 e. The second kappa shape index (κ2) is 10.9. The summed E-state index contributed by atoms with van der Waals surface area (Å²) in [5.74, 6) is 2.16. The Morgan fingerprint density at radius 3 is 2.42 bits per heavy atom. The summed E-state index contributed by atoms with van der Waals surface area (Å²) < 4.78 is 4.69. The standard InChI is InChI=1S/C40H33N5/c1-4-14-27(5-2)38-41-39(28-15-8-6-9-16-28)43-40(42-38)45-35-23-26(3)21-22-31(35)33-24-36-32(25-37(33)45)30-19-12-13-20-34(30)44(36)29-17-10-7-11-18-29/h4-12,14-19,22-26H,1-2,13,20-21H2,3H3/b27-14+. The molecule has 2 aliphatic rings. The number of hydrogen-bond acceptors (Lipinski definition) is 3. The summed E-state index contributed by atoms with van der Waals surface area (Å²) in [6.45, 7) is 10.2. The number of hydrogen-bond donors (Lipinski definition) is 0. The van der Waals surface area contributed by atoms with E-state index in [4.69, 9.17) is 15.0 Å². The van der Waals surface area contributed by atoms with Crippen LogP contribution in [0.2, 0.25) is 0 Å². The Labute approximate surface area is 262 Å². The molecule has 45 heavy (non-hydrogen) atoms. The lowest BCUT2D eigenvalue weighted by molar-refractivity contribution is 0.787. The predicted octanol–water partition coefficient (Wildman–Crippen LogP) is 7.74. The molecule has 5 heteroatoms. The third kappa shape index (κ3) is 4.42. The topological polar surface area (TPSA) is 48.5 Å². The minimum atomic E-state index is 0.392. The Bertz CT molecular complexity index is 2330. The minimum Gasteiger partial charge on any atom is -0.313 e. The normalized spacial score (nSPS) is 15.8. The zero-order valence-electron chi connectivity index (χ0n) is 25.3. The summed E-state index contributed by atoms with van der Waals surface area (Å²) in [5.41, 5.74) is 7.87. The molecule has 8 rings (SSSR count). The van der Waals surface area contributed by atoms with Gasteiger partial charge in [-0.15, -0.1) is 0 Å². The largest absolute Gasteiger partial charge is 0.313 e. The van der Waals surface area contributed by atoms with Crippen LogP contribution in [0.25, 0.3) is 68.6 Å². The van der Waals surface area contributed by atoms with Crippen LogP contribution in [0.4, 0.5) is 0 Å². The number of allylic oxidation sites excluding steroid dienone is 5. The average Bonchev–Trinajstić information content (AvgIpc) is 3.58. The molecule has 3 aromatic carbocycles. The van der Waals surface area contributed by atoms with Gasteiger partial charge in [0, 0.05) is 44.1 Å². The molecule has 0 radical (unpaired) electrons. The van der Waals surface area contributed by atoms with E-state index in [0.29, 0.717) is 23.5 Å². The number of fused-ring (bicyclic) bond motifs is 6. The molecule has 0 aliphatic heterocycles. The lowest BCUT2D eigenvalue weighted by Crippen LogP contribution is -2.32. The van der Waals surface area contributed by atoms with Crippen LogP contribution in [0.1, 0.15) is 36.8 Å². The molecule has 218 valence electrons. The number of nitrogens with zero attached hydrogens (tertiary/aromatic N) is 5. The first kappa shape index (κ1) is 27.0. The van der Waals surface area contributed by atoms with Crippen LogP contribution in [0.3, 0.4) is 0 Å². The van der Waals surface area contributed by atoms with Gasteiger partial charge in [-0.25, -0.2) is 4.98 Å². The van der Waals surface area contributed by atoms with E-state index in [0.717, 1.165) is 41.3 Å². The van der Waals surface area contributed by atoms with Crippen molar-refractivity contribution in [3.63, 3.8) is 0 Å². The number of benzene rings is 3. The molecular weight excluding hydrogens is 550 g/mol. The van der Waals surface area contributed by atoms with E-state index in [2.05, 4.69) is 96.0 Å². The molecule has 0 fully saturated rings. The zero-order chi connectivity index (χ0) is 30.5. The van der Waals surface area contributed by atoms with E-state index < -0.39 is 0 Å². The molecule has 5 nitrogen and oxygen atoms in total. The van der Waals surface area contributed by atoms with E-state index in [1.54, 1.807) is 12.2 Å².